The summed E-state index contributed by atoms with van der Waals surface area (Å²) >= 11 is 9.11. The quantitative estimate of drug-likeness (QED) is 0.614. The Bertz CT molecular complexity index is 690. The Morgan fingerprint density at radius 1 is 1.32 bits per heavy atom. The number of hydrazone groups is 1. The van der Waals surface area contributed by atoms with E-state index in [4.69, 9.17) is 21.4 Å². The first-order chi connectivity index (χ1) is 10.5. The predicted molar refractivity (Wildman–Crippen MR) is 88.5 cm³/mol. The van der Waals surface area contributed by atoms with Crippen LogP contribution < -0.4 is 10.2 Å². The number of rotatable bonds is 5. The number of benzene rings is 2. The second kappa shape index (κ2) is 7.82. The van der Waals surface area contributed by atoms with Crippen molar-refractivity contribution in [1.29, 1.82) is 0 Å². The molecule has 0 aliphatic carbocycles. The molecule has 0 atom stereocenters. The summed E-state index contributed by atoms with van der Waals surface area (Å²) in [6.07, 6.45) is 1.47. The van der Waals surface area contributed by atoms with Crippen LogP contribution in [0.15, 0.2) is 52.0 Å². The Morgan fingerprint density at radius 3 is 2.73 bits per heavy atom. The highest BCUT2D eigenvalue weighted by molar-refractivity contribution is 9.10. The van der Waals surface area contributed by atoms with E-state index >= 15 is 0 Å². The fourth-order valence-electron chi connectivity index (χ4n) is 1.51. The Balaban J connectivity index is 1.81. The first kappa shape index (κ1) is 16.3. The molecule has 22 heavy (non-hydrogen) atoms. The molecule has 7 heteroatoms. The number of aromatic hydroxyl groups is 1. The maximum atomic E-state index is 11.6. The molecule has 2 rings (SSSR count). The minimum Gasteiger partial charge on any atom is -0.508 e. The van der Waals surface area contributed by atoms with E-state index in [0.717, 1.165) is 5.56 Å². The smallest absolute Gasteiger partial charge is 0.277 e. The van der Waals surface area contributed by atoms with Gasteiger partial charge in [-0.1, -0.05) is 11.6 Å². The van der Waals surface area contributed by atoms with Gasteiger partial charge in [-0.2, -0.15) is 5.10 Å². The summed E-state index contributed by atoms with van der Waals surface area (Å²) in [5.74, 6) is 0.294. The van der Waals surface area contributed by atoms with Crippen LogP contribution in [0.3, 0.4) is 0 Å². The summed E-state index contributed by atoms with van der Waals surface area (Å²) in [6, 6.07) is 11.4. The monoisotopic (exact) mass is 382 g/mol. The molecule has 1 amide bonds. The second-order valence-electron chi connectivity index (χ2n) is 4.25. The first-order valence-electron chi connectivity index (χ1n) is 6.23. The molecule has 5 nitrogen and oxygen atoms in total. The fourth-order valence-corrected chi connectivity index (χ4v) is 2.30. The summed E-state index contributed by atoms with van der Waals surface area (Å²) in [7, 11) is 0. The molecule has 0 spiro atoms. The third-order valence-corrected chi connectivity index (χ3v) is 3.40. The Hall–Kier alpha value is -2.05. The van der Waals surface area contributed by atoms with E-state index in [1.807, 2.05) is 0 Å². The first-order valence-corrected chi connectivity index (χ1v) is 7.40. The van der Waals surface area contributed by atoms with Gasteiger partial charge in [-0.3, -0.25) is 4.79 Å². The van der Waals surface area contributed by atoms with Crippen LogP contribution in [0.4, 0.5) is 0 Å². The van der Waals surface area contributed by atoms with Crippen molar-refractivity contribution in [3.8, 4) is 11.5 Å². The average molecular weight is 384 g/mol. The van der Waals surface area contributed by atoms with Crippen molar-refractivity contribution in [3.63, 3.8) is 0 Å². The van der Waals surface area contributed by atoms with Crippen LogP contribution >= 0.6 is 27.5 Å². The number of ether oxygens (including phenoxy) is 1. The van der Waals surface area contributed by atoms with Crippen molar-refractivity contribution in [2.75, 3.05) is 6.61 Å². The highest BCUT2D eigenvalue weighted by atomic mass is 79.9. The lowest BCUT2D eigenvalue weighted by atomic mass is 10.2. The minimum absolute atomic E-state index is 0.170. The molecule has 0 fully saturated rings. The van der Waals surface area contributed by atoms with Crippen molar-refractivity contribution in [3.05, 3.63) is 57.5 Å². The van der Waals surface area contributed by atoms with Crippen molar-refractivity contribution in [2.24, 2.45) is 5.10 Å². The van der Waals surface area contributed by atoms with Gasteiger partial charge in [-0.05, 0) is 64.0 Å². The number of hydrogen-bond acceptors (Lipinski definition) is 4. The van der Waals surface area contributed by atoms with Crippen LogP contribution in [-0.4, -0.2) is 23.8 Å². The van der Waals surface area contributed by atoms with E-state index in [1.165, 1.54) is 18.3 Å². The number of carbonyl (C=O) groups excluding carboxylic acids is 1. The number of hydrogen-bond donors (Lipinski definition) is 2. The van der Waals surface area contributed by atoms with E-state index in [2.05, 4.69) is 26.5 Å². The zero-order valence-electron chi connectivity index (χ0n) is 11.3. The maximum Gasteiger partial charge on any atom is 0.277 e. The van der Waals surface area contributed by atoms with Gasteiger partial charge in [-0.25, -0.2) is 5.43 Å². The summed E-state index contributed by atoms with van der Waals surface area (Å²) in [5, 5.41) is 13.5. The van der Waals surface area contributed by atoms with E-state index in [9.17, 15) is 4.79 Å². The second-order valence-corrected chi connectivity index (χ2v) is 5.54. The van der Waals surface area contributed by atoms with Gasteiger partial charge in [0.15, 0.2) is 6.61 Å². The lowest BCUT2D eigenvalue weighted by Gasteiger charge is -2.07. The molecule has 114 valence electrons. The van der Waals surface area contributed by atoms with Crippen molar-refractivity contribution >= 4 is 39.7 Å². The molecule has 2 aromatic carbocycles. The van der Waals surface area contributed by atoms with Crippen LogP contribution in [0.1, 0.15) is 5.56 Å². The normalized spacial score (nSPS) is 10.6. The molecule has 0 aromatic heterocycles. The van der Waals surface area contributed by atoms with Gasteiger partial charge in [0.25, 0.3) is 5.91 Å². The molecule has 0 unspecified atom stereocenters. The van der Waals surface area contributed by atoms with Gasteiger partial charge < -0.3 is 9.84 Å². The predicted octanol–water partition coefficient (Wildman–Crippen LogP) is 3.34. The molecule has 0 aliphatic rings. The van der Waals surface area contributed by atoms with Crippen molar-refractivity contribution < 1.29 is 14.6 Å². The number of carbonyl (C=O) groups is 1. The van der Waals surface area contributed by atoms with Crippen LogP contribution in [0.25, 0.3) is 0 Å². The summed E-state index contributed by atoms with van der Waals surface area (Å²) < 4.78 is 6.01. The Morgan fingerprint density at radius 2 is 2.05 bits per heavy atom. The highest BCUT2D eigenvalue weighted by Crippen LogP contribution is 2.27. The molecule has 0 radical (unpaired) electrons. The molecule has 0 saturated carbocycles. The molecule has 0 heterocycles. The highest BCUT2D eigenvalue weighted by Gasteiger charge is 2.05. The molecule has 0 aliphatic heterocycles. The van der Waals surface area contributed by atoms with Gasteiger partial charge in [-0.15, -0.1) is 0 Å². The van der Waals surface area contributed by atoms with E-state index in [0.29, 0.717) is 15.2 Å². The largest absolute Gasteiger partial charge is 0.508 e. The number of phenols is 1. The molecular weight excluding hydrogens is 372 g/mol. The Labute approximate surface area is 140 Å². The zero-order valence-corrected chi connectivity index (χ0v) is 13.6. The van der Waals surface area contributed by atoms with Gasteiger partial charge in [0.2, 0.25) is 0 Å². The topological polar surface area (TPSA) is 70.9 Å². The molecule has 0 saturated heterocycles. The molecular formula is C15H12BrClN2O3. The van der Waals surface area contributed by atoms with Crippen LogP contribution in [0.2, 0.25) is 5.02 Å². The lowest BCUT2D eigenvalue weighted by Crippen LogP contribution is -2.24. The number of nitrogens with one attached hydrogen (secondary N) is 1. The Kier molecular flexibility index (Phi) is 5.80. The van der Waals surface area contributed by atoms with E-state index < -0.39 is 5.91 Å². The van der Waals surface area contributed by atoms with Gasteiger partial charge in [0.05, 0.1) is 10.7 Å². The third kappa shape index (κ3) is 5.05. The average Bonchev–Trinajstić information content (AvgIpc) is 2.48. The molecule has 0 bridgehead atoms. The summed E-state index contributed by atoms with van der Waals surface area (Å²) in [4.78, 5) is 11.6. The number of phenolic OH excluding ortho intramolecular Hbond substituents is 1. The zero-order chi connectivity index (χ0) is 15.9. The van der Waals surface area contributed by atoms with Gasteiger partial charge >= 0.3 is 0 Å². The van der Waals surface area contributed by atoms with Crippen molar-refractivity contribution in [1.82, 2.24) is 5.43 Å². The number of halogens is 2. The van der Waals surface area contributed by atoms with E-state index in [-0.39, 0.29) is 12.4 Å². The standard InChI is InChI=1S/C15H12BrClN2O3/c16-13-7-11(17)3-6-14(13)22-9-15(21)19-18-8-10-1-4-12(20)5-2-10/h1-8,20H,9H2,(H,19,21)/b18-8+. The maximum absolute atomic E-state index is 11.6. The fraction of sp³-hybridized carbons (Fsp3) is 0.0667. The molecule has 2 N–H and O–H groups in total. The van der Waals surface area contributed by atoms with E-state index in [1.54, 1.807) is 30.3 Å². The molecule has 2 aromatic rings. The van der Waals surface area contributed by atoms with Crippen LogP contribution in [0.5, 0.6) is 11.5 Å². The summed E-state index contributed by atoms with van der Waals surface area (Å²) in [5.41, 5.74) is 3.10. The van der Waals surface area contributed by atoms with Crippen molar-refractivity contribution in [2.45, 2.75) is 0 Å². The number of nitrogens with zero attached hydrogens (tertiary/aromatic N) is 1. The third-order valence-electron chi connectivity index (χ3n) is 2.55. The van der Waals surface area contributed by atoms with Gasteiger partial charge in [0, 0.05) is 5.02 Å². The SMILES string of the molecule is O=C(COc1ccc(Cl)cc1Br)N/N=C/c1ccc(O)cc1. The van der Waals surface area contributed by atoms with Crippen LogP contribution in [0, 0.1) is 0 Å². The minimum atomic E-state index is -0.392. The van der Waals surface area contributed by atoms with Gasteiger partial charge in [0.1, 0.15) is 11.5 Å². The van der Waals surface area contributed by atoms with Crippen LogP contribution in [-0.2, 0) is 4.79 Å². The lowest BCUT2D eigenvalue weighted by molar-refractivity contribution is -0.123. The summed E-state index contributed by atoms with van der Waals surface area (Å²) in [6.45, 7) is -0.173. The number of amides is 1.